The van der Waals surface area contributed by atoms with Gasteiger partial charge in [0, 0.05) is 16.7 Å². The van der Waals surface area contributed by atoms with E-state index >= 15 is 0 Å². The summed E-state index contributed by atoms with van der Waals surface area (Å²) in [4.78, 5) is 32.9. The number of methoxy groups -OCH3 is 1. The highest BCUT2D eigenvalue weighted by Gasteiger charge is 2.51. The van der Waals surface area contributed by atoms with Gasteiger partial charge >= 0.3 is 6.09 Å². The number of carboxylic acid groups (broad SMARTS) is 1. The van der Waals surface area contributed by atoms with Crippen LogP contribution in [0.25, 0.3) is 11.0 Å². The molecule has 3 aromatic carbocycles. The van der Waals surface area contributed by atoms with Crippen LogP contribution in [0.3, 0.4) is 0 Å². The smallest absolute Gasteiger partial charge is 0.411 e. The first-order chi connectivity index (χ1) is 15.8. The molecule has 1 aliphatic rings. The Labute approximate surface area is 188 Å². The molecule has 9 nitrogen and oxygen atoms in total. The monoisotopic (exact) mass is 444 g/mol. The van der Waals surface area contributed by atoms with Gasteiger partial charge in [-0.15, -0.1) is 0 Å². The zero-order valence-corrected chi connectivity index (χ0v) is 17.8. The number of H-pyrrole nitrogens is 1. The van der Waals surface area contributed by atoms with Crippen molar-refractivity contribution < 1.29 is 24.5 Å². The Morgan fingerprint density at radius 2 is 1.94 bits per heavy atom. The summed E-state index contributed by atoms with van der Waals surface area (Å²) < 4.78 is 5.51. The van der Waals surface area contributed by atoms with Gasteiger partial charge in [-0.05, 0) is 42.8 Å². The molecule has 1 atom stereocenters. The van der Waals surface area contributed by atoms with Crippen molar-refractivity contribution in [1.29, 1.82) is 0 Å². The van der Waals surface area contributed by atoms with Crippen LogP contribution in [0, 0.1) is 6.92 Å². The number of anilines is 2. The Morgan fingerprint density at radius 1 is 1.15 bits per heavy atom. The maximum absolute atomic E-state index is 13.6. The van der Waals surface area contributed by atoms with Crippen molar-refractivity contribution in [2.24, 2.45) is 0 Å². The molecule has 2 heterocycles. The van der Waals surface area contributed by atoms with Gasteiger partial charge in [-0.1, -0.05) is 30.3 Å². The number of benzene rings is 3. The summed E-state index contributed by atoms with van der Waals surface area (Å²) in [6, 6.07) is 17.3. The summed E-state index contributed by atoms with van der Waals surface area (Å²) >= 11 is 0. The first kappa shape index (κ1) is 20.5. The molecular weight excluding hydrogens is 424 g/mol. The maximum atomic E-state index is 13.6. The number of aryl methyl sites for hydroxylation is 1. The number of aliphatic hydroxyl groups is 1. The molecule has 4 N–H and O–H groups in total. The number of carbonyl (C=O) groups excluding carboxylic acids is 1. The normalized spacial score (nSPS) is 17.3. The minimum Gasteiger partial charge on any atom is -0.495 e. The van der Waals surface area contributed by atoms with Gasteiger partial charge in [0.1, 0.15) is 5.75 Å². The Bertz CT molecular complexity index is 1430. The molecule has 0 saturated heterocycles. The number of aromatic nitrogens is 2. The van der Waals surface area contributed by atoms with E-state index in [1.807, 2.05) is 13.0 Å². The SMILES string of the molecule is COc1ccc(C)cc1N1C(=O)c2ccccc2C1(O)c1ccc2nc(NC(=O)O)[nH]c2c1. The topological polar surface area (TPSA) is 128 Å². The minimum atomic E-state index is -1.84. The van der Waals surface area contributed by atoms with Crippen LogP contribution in [0.1, 0.15) is 27.0 Å². The fourth-order valence-corrected chi connectivity index (χ4v) is 4.29. The van der Waals surface area contributed by atoms with E-state index < -0.39 is 11.8 Å². The molecule has 0 spiro atoms. The van der Waals surface area contributed by atoms with Gasteiger partial charge in [0.05, 0.1) is 23.8 Å². The van der Waals surface area contributed by atoms with E-state index in [0.29, 0.717) is 39.2 Å². The predicted octanol–water partition coefficient (Wildman–Crippen LogP) is 3.82. The summed E-state index contributed by atoms with van der Waals surface area (Å²) in [6.07, 6.45) is -1.25. The summed E-state index contributed by atoms with van der Waals surface area (Å²) in [5.74, 6) is 0.132. The summed E-state index contributed by atoms with van der Waals surface area (Å²) in [7, 11) is 1.51. The van der Waals surface area contributed by atoms with Crippen molar-refractivity contribution in [3.8, 4) is 5.75 Å². The number of carbonyl (C=O) groups is 2. The van der Waals surface area contributed by atoms with E-state index in [1.165, 1.54) is 12.0 Å². The van der Waals surface area contributed by atoms with Gasteiger partial charge < -0.3 is 19.9 Å². The number of nitrogens with zero attached hydrogens (tertiary/aromatic N) is 2. The molecule has 1 aromatic heterocycles. The second-order valence-corrected chi connectivity index (χ2v) is 7.78. The zero-order chi connectivity index (χ0) is 23.3. The Hall–Kier alpha value is -4.37. The van der Waals surface area contributed by atoms with Crippen LogP contribution in [0.2, 0.25) is 0 Å². The quantitative estimate of drug-likeness (QED) is 0.379. The number of hydrogen-bond acceptors (Lipinski definition) is 5. The fourth-order valence-electron chi connectivity index (χ4n) is 4.29. The average Bonchev–Trinajstić information content (AvgIpc) is 3.29. The van der Waals surface area contributed by atoms with Crippen molar-refractivity contribution in [1.82, 2.24) is 9.97 Å². The van der Waals surface area contributed by atoms with Gasteiger partial charge in [0.15, 0.2) is 5.72 Å². The summed E-state index contributed by atoms with van der Waals surface area (Å²) in [5, 5.41) is 23.4. The Balaban J connectivity index is 1.74. The molecule has 0 fully saturated rings. The van der Waals surface area contributed by atoms with Crippen molar-refractivity contribution in [3.05, 3.63) is 82.9 Å². The Morgan fingerprint density at radius 3 is 2.70 bits per heavy atom. The first-order valence-corrected chi connectivity index (χ1v) is 10.1. The second kappa shape index (κ2) is 7.35. The van der Waals surface area contributed by atoms with E-state index in [4.69, 9.17) is 9.84 Å². The number of imidazole rings is 1. The predicted molar refractivity (Wildman–Crippen MR) is 122 cm³/mol. The highest BCUT2D eigenvalue weighted by Crippen LogP contribution is 2.47. The average molecular weight is 444 g/mol. The Kier molecular flexibility index (Phi) is 4.57. The lowest BCUT2D eigenvalue weighted by atomic mass is 9.93. The van der Waals surface area contributed by atoms with Crippen molar-refractivity contribution in [3.63, 3.8) is 0 Å². The van der Waals surface area contributed by atoms with E-state index in [-0.39, 0.29) is 11.9 Å². The standard InChI is InChI=1S/C24H20N4O5/c1-13-7-10-20(33-2)19(11-13)28-21(29)15-5-3-4-6-16(15)24(28,32)14-8-9-17-18(12-14)26-22(25-17)27-23(30)31/h3-12,32H,1-2H3,(H,30,31)(H2,25,26,27). The lowest BCUT2D eigenvalue weighted by Gasteiger charge is -2.35. The van der Waals surface area contributed by atoms with Crippen LogP contribution in [0.4, 0.5) is 16.4 Å². The molecule has 2 amide bonds. The minimum absolute atomic E-state index is 0.0572. The molecule has 5 rings (SSSR count). The maximum Gasteiger partial charge on any atom is 0.411 e. The summed E-state index contributed by atoms with van der Waals surface area (Å²) in [6.45, 7) is 1.89. The lowest BCUT2D eigenvalue weighted by molar-refractivity contribution is 0.0700. The van der Waals surface area contributed by atoms with E-state index in [9.17, 15) is 14.7 Å². The number of hydrogen-bond donors (Lipinski definition) is 4. The molecule has 166 valence electrons. The molecule has 33 heavy (non-hydrogen) atoms. The molecule has 4 aromatic rings. The van der Waals surface area contributed by atoms with Crippen LogP contribution < -0.4 is 15.0 Å². The number of nitrogens with one attached hydrogen (secondary N) is 2. The third kappa shape index (κ3) is 3.09. The molecule has 1 unspecified atom stereocenters. The third-order valence-electron chi connectivity index (χ3n) is 5.74. The van der Waals surface area contributed by atoms with Gasteiger partial charge in [-0.25, -0.2) is 9.78 Å². The van der Waals surface area contributed by atoms with Crippen molar-refractivity contribution in [2.45, 2.75) is 12.6 Å². The van der Waals surface area contributed by atoms with Crippen LogP contribution in [-0.2, 0) is 5.72 Å². The molecule has 0 radical (unpaired) electrons. The van der Waals surface area contributed by atoms with Crippen LogP contribution in [0.5, 0.6) is 5.75 Å². The highest BCUT2D eigenvalue weighted by atomic mass is 16.5. The summed E-state index contributed by atoms with van der Waals surface area (Å²) in [5.41, 5.74) is 1.70. The van der Waals surface area contributed by atoms with Crippen LogP contribution in [0.15, 0.2) is 60.7 Å². The third-order valence-corrected chi connectivity index (χ3v) is 5.74. The molecule has 0 aliphatic carbocycles. The van der Waals surface area contributed by atoms with E-state index in [1.54, 1.807) is 54.6 Å². The molecule has 1 aliphatic heterocycles. The van der Waals surface area contributed by atoms with Crippen LogP contribution in [-0.4, -0.2) is 39.3 Å². The lowest BCUT2D eigenvalue weighted by Crippen LogP contribution is -2.45. The molecule has 9 heteroatoms. The van der Waals surface area contributed by atoms with Crippen molar-refractivity contribution >= 4 is 34.7 Å². The first-order valence-electron chi connectivity index (χ1n) is 10.1. The molecular formula is C24H20N4O5. The number of rotatable bonds is 4. The van der Waals surface area contributed by atoms with Crippen molar-refractivity contribution in [2.75, 3.05) is 17.3 Å². The number of aromatic amines is 1. The number of amides is 2. The number of ether oxygens (including phenoxy) is 1. The van der Waals surface area contributed by atoms with Gasteiger partial charge in [0.25, 0.3) is 5.91 Å². The van der Waals surface area contributed by atoms with Crippen LogP contribution >= 0.6 is 0 Å². The molecule has 0 saturated carbocycles. The number of fused-ring (bicyclic) bond motifs is 2. The zero-order valence-electron chi connectivity index (χ0n) is 17.8. The van der Waals surface area contributed by atoms with Gasteiger partial charge in [-0.2, -0.15) is 0 Å². The molecule has 0 bridgehead atoms. The van der Waals surface area contributed by atoms with E-state index in [0.717, 1.165) is 5.56 Å². The van der Waals surface area contributed by atoms with E-state index in [2.05, 4.69) is 15.3 Å². The fraction of sp³-hybridized carbons (Fsp3) is 0.125. The largest absolute Gasteiger partial charge is 0.495 e. The second-order valence-electron chi connectivity index (χ2n) is 7.78. The van der Waals surface area contributed by atoms with Gasteiger partial charge in [0.2, 0.25) is 5.95 Å². The van der Waals surface area contributed by atoms with Gasteiger partial charge in [-0.3, -0.25) is 15.0 Å². The highest BCUT2D eigenvalue weighted by molar-refractivity contribution is 6.13.